The molecule has 3 N–H and O–H groups in total. The van der Waals surface area contributed by atoms with E-state index in [2.05, 4.69) is 5.32 Å². The third-order valence-electron chi connectivity index (χ3n) is 2.55. The second-order valence-corrected chi connectivity index (χ2v) is 5.10. The van der Waals surface area contributed by atoms with E-state index in [4.69, 9.17) is 11.0 Å². The largest absolute Gasteiger partial charge is 0.396 e. The van der Waals surface area contributed by atoms with E-state index in [-0.39, 0.29) is 41.3 Å². The summed E-state index contributed by atoms with van der Waals surface area (Å²) in [7, 11) is 0. The number of ketones is 1. The fourth-order valence-electron chi connectivity index (χ4n) is 1.54. The number of carbonyl (C=O) groups is 1. The molecule has 0 atom stereocenters. The van der Waals surface area contributed by atoms with Crippen molar-refractivity contribution in [2.24, 2.45) is 0 Å². The Morgan fingerprint density at radius 1 is 1.50 bits per heavy atom. The van der Waals surface area contributed by atoms with E-state index in [9.17, 15) is 18.0 Å². The van der Waals surface area contributed by atoms with Gasteiger partial charge in [0.2, 0.25) is 0 Å². The highest BCUT2D eigenvalue weighted by Gasteiger charge is 2.26. The van der Waals surface area contributed by atoms with Crippen LogP contribution in [-0.4, -0.2) is 18.5 Å². The van der Waals surface area contributed by atoms with Crippen LogP contribution >= 0.6 is 11.3 Å². The molecule has 0 unspecified atom stereocenters. The Morgan fingerprint density at radius 3 is 2.65 bits per heavy atom. The first-order chi connectivity index (χ1) is 9.30. The van der Waals surface area contributed by atoms with E-state index in [1.807, 2.05) is 6.07 Å². The van der Waals surface area contributed by atoms with Crippen LogP contribution in [0.3, 0.4) is 0 Å². The number of nitrogens with one attached hydrogen (secondary N) is 1. The van der Waals surface area contributed by atoms with E-state index in [1.54, 1.807) is 6.92 Å². The average molecular weight is 305 g/mol. The molecule has 0 saturated heterocycles. The molecule has 1 heterocycles. The molecule has 0 aliphatic carbocycles. The molecule has 0 bridgehead atoms. The van der Waals surface area contributed by atoms with Crippen molar-refractivity contribution in [3.8, 4) is 6.07 Å². The van der Waals surface area contributed by atoms with E-state index in [0.717, 1.165) is 11.3 Å². The van der Waals surface area contributed by atoms with Crippen LogP contribution in [0.2, 0.25) is 0 Å². The van der Waals surface area contributed by atoms with Gasteiger partial charge in [-0.05, 0) is 6.42 Å². The van der Waals surface area contributed by atoms with E-state index >= 15 is 0 Å². The summed E-state index contributed by atoms with van der Waals surface area (Å²) in [5, 5.41) is 12.1. The van der Waals surface area contributed by atoms with Crippen molar-refractivity contribution in [3.05, 3.63) is 10.4 Å². The number of nitriles is 1. The van der Waals surface area contributed by atoms with E-state index in [0.29, 0.717) is 5.00 Å². The molecule has 0 saturated carbocycles. The van der Waals surface area contributed by atoms with Gasteiger partial charge in [-0.2, -0.15) is 18.4 Å². The van der Waals surface area contributed by atoms with Crippen molar-refractivity contribution >= 4 is 27.8 Å². The molecule has 4 nitrogen and oxygen atoms in total. The smallest absolute Gasteiger partial charge is 0.389 e. The van der Waals surface area contributed by atoms with Crippen molar-refractivity contribution < 1.29 is 18.0 Å². The van der Waals surface area contributed by atoms with Gasteiger partial charge in [0, 0.05) is 19.4 Å². The Hall–Kier alpha value is -1.75. The molecule has 0 radical (unpaired) electrons. The molecule has 0 aliphatic rings. The third-order valence-corrected chi connectivity index (χ3v) is 3.76. The first-order valence-corrected chi connectivity index (χ1v) is 6.78. The fourth-order valence-corrected chi connectivity index (χ4v) is 2.64. The lowest BCUT2D eigenvalue weighted by atomic mass is 10.2. The molecule has 8 heteroatoms. The highest BCUT2D eigenvalue weighted by Crippen LogP contribution is 2.36. The summed E-state index contributed by atoms with van der Waals surface area (Å²) in [5.74, 6) is -0.188. The lowest BCUT2D eigenvalue weighted by molar-refractivity contribution is -0.134. The van der Waals surface area contributed by atoms with Crippen LogP contribution in [0.15, 0.2) is 0 Å². The summed E-state index contributed by atoms with van der Waals surface area (Å²) >= 11 is 1.01. The van der Waals surface area contributed by atoms with Gasteiger partial charge in [-0.25, -0.2) is 0 Å². The number of thiophene rings is 1. The monoisotopic (exact) mass is 305 g/mol. The van der Waals surface area contributed by atoms with E-state index < -0.39 is 12.6 Å². The minimum absolute atomic E-state index is 0.0634. The predicted octanol–water partition coefficient (Wildman–Crippen LogP) is 3.55. The highest BCUT2D eigenvalue weighted by atomic mass is 32.1. The molecule has 0 spiro atoms. The second kappa shape index (κ2) is 6.61. The second-order valence-electron chi connectivity index (χ2n) is 4.08. The summed E-state index contributed by atoms with van der Waals surface area (Å²) in [6.07, 6.45) is -4.95. The van der Waals surface area contributed by atoms with Crippen LogP contribution in [0, 0.1) is 11.3 Å². The summed E-state index contributed by atoms with van der Waals surface area (Å²) < 4.78 is 36.0. The normalized spacial score (nSPS) is 11.2. The molecule has 0 aliphatic heterocycles. The maximum atomic E-state index is 12.0. The van der Waals surface area contributed by atoms with Crippen molar-refractivity contribution in [1.29, 1.82) is 5.26 Å². The van der Waals surface area contributed by atoms with Gasteiger partial charge < -0.3 is 11.1 Å². The molecule has 110 valence electrons. The number of nitrogen functional groups attached to an aromatic ring is 1. The Labute approximate surface area is 118 Å². The maximum absolute atomic E-state index is 12.0. The average Bonchev–Trinajstić information content (AvgIpc) is 2.69. The molecule has 20 heavy (non-hydrogen) atoms. The van der Waals surface area contributed by atoms with Crippen LogP contribution in [-0.2, 0) is 0 Å². The summed E-state index contributed by atoms with van der Waals surface area (Å²) in [4.78, 5) is 11.9. The number of rotatable bonds is 6. The quantitative estimate of drug-likeness (QED) is 0.622. The Balaban J connectivity index is 2.76. The number of carbonyl (C=O) groups excluding carboxylic acids is 1. The minimum atomic E-state index is -4.20. The van der Waals surface area contributed by atoms with E-state index in [1.165, 1.54) is 0 Å². The van der Waals surface area contributed by atoms with Crippen LogP contribution in [0.4, 0.5) is 23.9 Å². The Bertz CT molecular complexity index is 531. The zero-order valence-corrected chi connectivity index (χ0v) is 11.6. The number of alkyl halides is 3. The van der Waals surface area contributed by atoms with Crippen LogP contribution in [0.25, 0.3) is 0 Å². The minimum Gasteiger partial charge on any atom is -0.396 e. The van der Waals surface area contributed by atoms with Gasteiger partial charge in [-0.3, -0.25) is 4.79 Å². The van der Waals surface area contributed by atoms with Crippen molar-refractivity contribution in [2.75, 3.05) is 17.6 Å². The molecule has 1 rings (SSSR count). The number of hydrogen-bond acceptors (Lipinski definition) is 5. The zero-order chi connectivity index (χ0) is 15.3. The van der Waals surface area contributed by atoms with Gasteiger partial charge in [-0.1, -0.05) is 6.92 Å². The number of halogens is 3. The summed E-state index contributed by atoms with van der Waals surface area (Å²) in [6, 6.07) is 1.87. The van der Waals surface area contributed by atoms with Gasteiger partial charge >= 0.3 is 6.18 Å². The zero-order valence-electron chi connectivity index (χ0n) is 10.8. The van der Waals surface area contributed by atoms with Crippen LogP contribution < -0.4 is 11.1 Å². The molecule has 0 fully saturated rings. The Morgan fingerprint density at radius 2 is 2.15 bits per heavy atom. The number of nitrogens with two attached hydrogens (primary N) is 1. The molecule has 1 aromatic heterocycles. The molecule has 0 amide bonds. The van der Waals surface area contributed by atoms with Crippen molar-refractivity contribution in [1.82, 2.24) is 0 Å². The highest BCUT2D eigenvalue weighted by molar-refractivity contribution is 7.19. The van der Waals surface area contributed by atoms with Gasteiger partial charge in [-0.15, -0.1) is 11.3 Å². The SMILES string of the molecule is CCC(=O)c1sc(NCCCC(F)(F)F)c(C#N)c1N. The first-order valence-electron chi connectivity index (χ1n) is 5.96. The molecule has 1 aromatic rings. The van der Waals surface area contributed by atoms with Crippen LogP contribution in [0.5, 0.6) is 0 Å². The van der Waals surface area contributed by atoms with Gasteiger partial charge in [0.25, 0.3) is 0 Å². The number of hydrogen-bond donors (Lipinski definition) is 2. The summed E-state index contributed by atoms with van der Waals surface area (Å²) in [5.41, 5.74) is 5.94. The van der Waals surface area contributed by atoms with Gasteiger partial charge in [0.15, 0.2) is 5.78 Å². The maximum Gasteiger partial charge on any atom is 0.389 e. The third kappa shape index (κ3) is 4.13. The number of nitrogens with zero attached hydrogens (tertiary/aromatic N) is 1. The molecule has 0 aromatic carbocycles. The standard InChI is InChI=1S/C12H14F3N3OS/c1-2-8(19)10-9(17)7(6-16)11(20-10)18-5-3-4-12(13,14)15/h18H,2-5,17H2,1H3. The topological polar surface area (TPSA) is 78.9 Å². The Kier molecular flexibility index (Phi) is 5.39. The predicted molar refractivity (Wildman–Crippen MR) is 71.8 cm³/mol. The van der Waals surface area contributed by atoms with Crippen molar-refractivity contribution in [3.63, 3.8) is 0 Å². The summed E-state index contributed by atoms with van der Waals surface area (Å²) in [6.45, 7) is 1.73. The molecular formula is C12H14F3N3OS. The van der Waals surface area contributed by atoms with Crippen LogP contribution in [0.1, 0.15) is 41.4 Å². The number of Topliss-reactive ketones (excluding diaryl/α,β-unsaturated/α-hetero) is 1. The fraction of sp³-hybridized carbons (Fsp3) is 0.500. The number of anilines is 2. The lowest BCUT2D eigenvalue weighted by Crippen LogP contribution is -2.10. The molecular weight excluding hydrogens is 291 g/mol. The first kappa shape index (κ1) is 16.3. The van der Waals surface area contributed by atoms with Gasteiger partial charge in [0.1, 0.15) is 16.6 Å². The van der Waals surface area contributed by atoms with Crippen molar-refractivity contribution in [2.45, 2.75) is 32.4 Å². The van der Waals surface area contributed by atoms with Gasteiger partial charge in [0.05, 0.1) is 10.6 Å². The lowest BCUT2D eigenvalue weighted by Gasteiger charge is -2.07.